The molecule has 0 aliphatic rings. The molecule has 19 heteroatoms. The number of aliphatic hydroxyl groups excluding tert-OH is 1. The van der Waals surface area contributed by atoms with Crippen molar-refractivity contribution in [3.05, 3.63) is 0 Å². The number of esters is 4. The van der Waals surface area contributed by atoms with E-state index in [0.29, 0.717) is 25.7 Å². The molecule has 0 fully saturated rings. The van der Waals surface area contributed by atoms with Gasteiger partial charge in [0, 0.05) is 25.7 Å². The molecule has 0 radical (unpaired) electrons. The van der Waals surface area contributed by atoms with E-state index in [1.165, 1.54) is 225 Å². The van der Waals surface area contributed by atoms with E-state index < -0.39 is 97.5 Å². The van der Waals surface area contributed by atoms with Crippen LogP contribution in [0.25, 0.3) is 0 Å². The number of carbonyl (C=O) groups is 4. The predicted molar refractivity (Wildman–Crippen MR) is 386 cm³/mol. The smallest absolute Gasteiger partial charge is 0.462 e. The minimum atomic E-state index is -4.96. The largest absolute Gasteiger partial charge is 0.472 e. The van der Waals surface area contributed by atoms with E-state index >= 15 is 0 Å². The van der Waals surface area contributed by atoms with E-state index in [1.807, 2.05) is 0 Å². The fourth-order valence-electron chi connectivity index (χ4n) is 11.7. The Balaban J connectivity index is 5.24. The molecule has 3 N–H and O–H groups in total. The third-order valence-electron chi connectivity index (χ3n) is 17.8. The quantitative estimate of drug-likeness (QED) is 0.0222. The maximum atomic E-state index is 13.1. The van der Waals surface area contributed by atoms with Gasteiger partial charge in [-0.2, -0.15) is 0 Å². The molecule has 564 valence electrons. The first-order chi connectivity index (χ1) is 46.0. The lowest BCUT2D eigenvalue weighted by Crippen LogP contribution is -2.30. The van der Waals surface area contributed by atoms with Crippen molar-refractivity contribution in [3.8, 4) is 0 Å². The van der Waals surface area contributed by atoms with Gasteiger partial charge < -0.3 is 33.8 Å². The van der Waals surface area contributed by atoms with Crippen molar-refractivity contribution in [2.75, 3.05) is 39.6 Å². The molecule has 0 saturated carbocycles. The maximum absolute atomic E-state index is 13.1. The standard InChI is InChI=1S/C76H148O17P2/c1-6-9-12-15-18-21-24-26-31-35-40-45-50-55-60-74(79)87-66-72(93-76(81)62-57-52-47-42-37-33-29-28-30-34-38-43-48-53-58-69(4)5)68-91-95(84,85)89-64-70(77)63-88-94(82,83)90-67-71(65-86-73(78)59-54-49-44-39-23-20-17-14-11-8-3)92-75(80)61-56-51-46-41-36-32-27-25-22-19-16-13-10-7-2/h69-72,77H,6-68H2,1-5H3,(H,82,83)(H,84,85)/t70-,71+,72+/m0/s1. The van der Waals surface area contributed by atoms with Gasteiger partial charge in [0.15, 0.2) is 12.2 Å². The Kier molecular flexibility index (Phi) is 67.7. The van der Waals surface area contributed by atoms with Crippen LogP contribution >= 0.6 is 15.6 Å². The van der Waals surface area contributed by atoms with E-state index in [9.17, 15) is 43.2 Å². The van der Waals surface area contributed by atoms with Crippen molar-refractivity contribution >= 4 is 39.5 Å². The number of phosphoric acid groups is 2. The predicted octanol–water partition coefficient (Wildman–Crippen LogP) is 22.5. The van der Waals surface area contributed by atoms with Gasteiger partial charge in [0.05, 0.1) is 26.4 Å². The number of hydrogen-bond donors (Lipinski definition) is 3. The second-order valence-corrected chi connectivity index (χ2v) is 30.8. The fourth-order valence-corrected chi connectivity index (χ4v) is 13.3. The van der Waals surface area contributed by atoms with Crippen molar-refractivity contribution in [2.24, 2.45) is 5.92 Å². The van der Waals surface area contributed by atoms with Gasteiger partial charge in [-0.1, -0.05) is 349 Å². The topological polar surface area (TPSA) is 237 Å². The van der Waals surface area contributed by atoms with Crippen LogP contribution in [-0.4, -0.2) is 96.7 Å². The summed E-state index contributed by atoms with van der Waals surface area (Å²) < 4.78 is 68.5. The van der Waals surface area contributed by atoms with Crippen LogP contribution in [0, 0.1) is 5.92 Å². The molecule has 0 aliphatic carbocycles. The van der Waals surface area contributed by atoms with E-state index in [0.717, 1.165) is 95.8 Å². The summed E-state index contributed by atoms with van der Waals surface area (Å²) in [5.41, 5.74) is 0. The van der Waals surface area contributed by atoms with Crippen LogP contribution in [0.1, 0.15) is 401 Å². The molecule has 0 rings (SSSR count). The van der Waals surface area contributed by atoms with Crippen LogP contribution in [0.5, 0.6) is 0 Å². The van der Waals surface area contributed by atoms with E-state index in [-0.39, 0.29) is 25.7 Å². The molecule has 2 unspecified atom stereocenters. The van der Waals surface area contributed by atoms with Gasteiger partial charge in [0.1, 0.15) is 19.3 Å². The molecule has 0 aromatic carbocycles. The van der Waals surface area contributed by atoms with Gasteiger partial charge in [-0.3, -0.25) is 37.3 Å². The van der Waals surface area contributed by atoms with Crippen molar-refractivity contribution in [3.63, 3.8) is 0 Å². The third kappa shape index (κ3) is 70.3. The summed E-state index contributed by atoms with van der Waals surface area (Å²) in [7, 11) is -9.91. The Morgan fingerprint density at radius 1 is 0.284 bits per heavy atom. The minimum absolute atomic E-state index is 0.108. The molecular weight excluding hydrogens is 1250 g/mol. The van der Waals surface area contributed by atoms with Gasteiger partial charge in [-0.15, -0.1) is 0 Å². The summed E-state index contributed by atoms with van der Waals surface area (Å²) in [6.45, 7) is 7.32. The average molecular weight is 1400 g/mol. The second kappa shape index (κ2) is 69.2. The van der Waals surface area contributed by atoms with Gasteiger partial charge in [-0.25, -0.2) is 9.13 Å². The van der Waals surface area contributed by atoms with Gasteiger partial charge in [0.25, 0.3) is 0 Å². The molecule has 17 nitrogen and oxygen atoms in total. The van der Waals surface area contributed by atoms with E-state index in [1.54, 1.807) is 0 Å². The number of aliphatic hydroxyl groups is 1. The van der Waals surface area contributed by atoms with Crippen LogP contribution in [-0.2, 0) is 65.4 Å². The van der Waals surface area contributed by atoms with Gasteiger partial charge >= 0.3 is 39.5 Å². The highest BCUT2D eigenvalue weighted by Gasteiger charge is 2.30. The van der Waals surface area contributed by atoms with Crippen LogP contribution in [0.15, 0.2) is 0 Å². The molecule has 95 heavy (non-hydrogen) atoms. The average Bonchev–Trinajstić information content (AvgIpc) is 2.08. The number of hydrogen-bond acceptors (Lipinski definition) is 15. The molecule has 0 spiro atoms. The summed E-state index contributed by atoms with van der Waals surface area (Å²) >= 11 is 0. The number of carbonyl (C=O) groups excluding carboxylic acids is 4. The van der Waals surface area contributed by atoms with Gasteiger partial charge in [0.2, 0.25) is 0 Å². The lowest BCUT2D eigenvalue weighted by Gasteiger charge is -2.21. The molecule has 0 aromatic heterocycles. The zero-order valence-corrected chi connectivity index (χ0v) is 63.6. The second-order valence-electron chi connectivity index (χ2n) is 27.9. The molecule has 5 atom stereocenters. The fraction of sp³-hybridized carbons (Fsp3) is 0.947. The van der Waals surface area contributed by atoms with Crippen LogP contribution in [0.4, 0.5) is 0 Å². The van der Waals surface area contributed by atoms with Crippen LogP contribution < -0.4 is 0 Å². The van der Waals surface area contributed by atoms with Crippen LogP contribution in [0.3, 0.4) is 0 Å². The number of phosphoric ester groups is 2. The summed E-state index contributed by atoms with van der Waals surface area (Å²) in [5.74, 6) is -1.32. The first-order valence-corrected chi connectivity index (χ1v) is 42.6. The third-order valence-corrected chi connectivity index (χ3v) is 19.7. The van der Waals surface area contributed by atoms with Crippen molar-refractivity contribution in [2.45, 2.75) is 419 Å². The SMILES string of the molecule is CCCCCCCCCCCCCCCCC(=O)OC[C@H](COP(=O)(O)OC[C@@H](O)COP(=O)(O)OC[C@@H](COC(=O)CCCCCCCCCCCC)OC(=O)CCCCCCCCCCCCCCCC)OC(=O)CCCCCCCCCCCCCCCCC(C)C. The zero-order valence-electron chi connectivity index (χ0n) is 61.8. The molecular formula is C76H148O17P2. The zero-order chi connectivity index (χ0) is 69.8. The van der Waals surface area contributed by atoms with Crippen molar-refractivity contribution in [1.29, 1.82) is 0 Å². The summed E-state index contributed by atoms with van der Waals surface area (Å²) in [5, 5.41) is 10.6. The van der Waals surface area contributed by atoms with Crippen molar-refractivity contribution < 1.29 is 80.2 Å². The Morgan fingerprint density at radius 3 is 0.716 bits per heavy atom. The Morgan fingerprint density at radius 2 is 0.484 bits per heavy atom. The number of rotatable bonds is 76. The number of unbranched alkanes of at least 4 members (excludes halogenated alkanes) is 48. The minimum Gasteiger partial charge on any atom is -0.462 e. The van der Waals surface area contributed by atoms with E-state index in [4.69, 9.17) is 37.0 Å². The molecule has 0 saturated heterocycles. The highest BCUT2D eigenvalue weighted by atomic mass is 31.2. The van der Waals surface area contributed by atoms with Crippen molar-refractivity contribution in [1.82, 2.24) is 0 Å². The molecule has 0 amide bonds. The van der Waals surface area contributed by atoms with Gasteiger partial charge in [-0.05, 0) is 31.6 Å². The lowest BCUT2D eigenvalue weighted by atomic mass is 10.0. The Hall–Kier alpha value is -1.94. The highest BCUT2D eigenvalue weighted by Crippen LogP contribution is 2.45. The van der Waals surface area contributed by atoms with Crippen LogP contribution in [0.2, 0.25) is 0 Å². The monoisotopic (exact) mass is 1400 g/mol. The first kappa shape index (κ1) is 93.1. The molecule has 0 aliphatic heterocycles. The molecule has 0 bridgehead atoms. The molecule has 0 heterocycles. The highest BCUT2D eigenvalue weighted by molar-refractivity contribution is 7.47. The Labute approximate surface area is 581 Å². The summed E-state index contributed by atoms with van der Waals surface area (Å²) in [6, 6.07) is 0. The maximum Gasteiger partial charge on any atom is 0.472 e. The summed E-state index contributed by atoms with van der Waals surface area (Å²) in [4.78, 5) is 72.8. The lowest BCUT2D eigenvalue weighted by molar-refractivity contribution is -0.161. The normalized spacial score (nSPS) is 13.9. The first-order valence-electron chi connectivity index (χ1n) is 39.6. The summed E-state index contributed by atoms with van der Waals surface area (Å²) in [6.07, 6.45) is 58.0. The number of ether oxygens (including phenoxy) is 4. The van der Waals surface area contributed by atoms with E-state index in [2.05, 4.69) is 34.6 Å². The molecule has 0 aromatic rings. The Bertz CT molecular complexity index is 1820.